The molecule has 0 radical (unpaired) electrons. The van der Waals surface area contributed by atoms with Gasteiger partial charge in [-0.05, 0) is 41.9 Å². The predicted molar refractivity (Wildman–Crippen MR) is 81.6 cm³/mol. The second-order valence-corrected chi connectivity index (χ2v) is 7.05. The maximum absolute atomic E-state index is 11.4. The number of anilines is 1. The summed E-state index contributed by atoms with van der Waals surface area (Å²) in [5.41, 5.74) is 3.47. The van der Waals surface area contributed by atoms with E-state index in [1.807, 2.05) is 0 Å². The number of carbonyl (C=O) groups excluding carboxylic acids is 1. The Balaban J connectivity index is 1.75. The molecule has 1 aromatic carbocycles. The van der Waals surface area contributed by atoms with Crippen LogP contribution in [-0.2, 0) is 11.2 Å². The second kappa shape index (κ2) is 5.28. The fourth-order valence-electron chi connectivity index (χ4n) is 3.27. The first-order valence-electron chi connectivity index (χ1n) is 7.20. The Kier molecular flexibility index (Phi) is 3.66. The Bertz CT molecular complexity index is 492. The van der Waals surface area contributed by atoms with E-state index in [-0.39, 0.29) is 5.91 Å². The largest absolute Gasteiger partial charge is 0.326 e. The van der Waals surface area contributed by atoms with Gasteiger partial charge in [0.2, 0.25) is 5.91 Å². The van der Waals surface area contributed by atoms with Crippen LogP contribution in [0.25, 0.3) is 0 Å². The first-order chi connectivity index (χ1) is 9.13. The molecule has 1 atom stereocenters. The summed E-state index contributed by atoms with van der Waals surface area (Å²) >= 11 is 3.89. The summed E-state index contributed by atoms with van der Waals surface area (Å²) in [6, 6.07) is 6.40. The third kappa shape index (κ3) is 2.71. The average Bonchev–Trinajstić information content (AvgIpc) is 2.77. The van der Waals surface area contributed by atoms with Gasteiger partial charge in [-0.25, -0.2) is 0 Å². The van der Waals surface area contributed by atoms with E-state index in [1.54, 1.807) is 0 Å². The molecule has 102 valence electrons. The monoisotopic (exact) mass is 321 g/mol. The predicted octanol–water partition coefficient (Wildman–Crippen LogP) is 4.44. The van der Waals surface area contributed by atoms with E-state index < -0.39 is 0 Å². The number of carbonyl (C=O) groups is 1. The molecular formula is C16H20BrNO. The van der Waals surface area contributed by atoms with E-state index in [1.165, 1.54) is 31.2 Å². The maximum atomic E-state index is 11.4. The number of hydrogen-bond acceptors (Lipinski definition) is 1. The molecule has 1 aliphatic heterocycles. The van der Waals surface area contributed by atoms with E-state index in [0.29, 0.717) is 11.2 Å². The van der Waals surface area contributed by atoms with Gasteiger partial charge in [0.05, 0.1) is 6.42 Å². The van der Waals surface area contributed by atoms with Gasteiger partial charge in [0.25, 0.3) is 0 Å². The average molecular weight is 322 g/mol. The van der Waals surface area contributed by atoms with Crippen LogP contribution in [0.3, 0.4) is 0 Å². The second-order valence-electron chi connectivity index (χ2n) is 6.06. The zero-order valence-corrected chi connectivity index (χ0v) is 12.9. The van der Waals surface area contributed by atoms with Crippen LogP contribution in [0.5, 0.6) is 0 Å². The van der Waals surface area contributed by atoms with Crippen LogP contribution < -0.4 is 5.32 Å². The van der Waals surface area contributed by atoms with Crippen LogP contribution in [0.2, 0.25) is 0 Å². The lowest BCUT2D eigenvalue weighted by molar-refractivity contribution is -0.115. The minimum Gasteiger partial charge on any atom is -0.326 e. The third-order valence-corrected chi connectivity index (χ3v) is 5.82. The Morgan fingerprint density at radius 2 is 2.00 bits per heavy atom. The van der Waals surface area contributed by atoms with Crippen molar-refractivity contribution in [2.45, 2.75) is 43.9 Å². The number of amides is 1. The van der Waals surface area contributed by atoms with Crippen molar-refractivity contribution in [3.63, 3.8) is 0 Å². The topological polar surface area (TPSA) is 29.1 Å². The van der Waals surface area contributed by atoms with Gasteiger partial charge in [0.1, 0.15) is 0 Å². The molecule has 1 aromatic rings. The molecule has 19 heavy (non-hydrogen) atoms. The van der Waals surface area contributed by atoms with Crippen molar-refractivity contribution in [3.8, 4) is 0 Å². The summed E-state index contributed by atoms with van der Waals surface area (Å²) in [7, 11) is 0. The van der Waals surface area contributed by atoms with Gasteiger partial charge in [-0.15, -0.1) is 0 Å². The Morgan fingerprint density at radius 1 is 1.26 bits per heavy atom. The van der Waals surface area contributed by atoms with Gasteiger partial charge >= 0.3 is 0 Å². The number of fused-ring (bicyclic) bond motifs is 1. The van der Waals surface area contributed by atoms with Gasteiger partial charge in [-0.3, -0.25) is 4.79 Å². The highest BCUT2D eigenvalue weighted by molar-refractivity contribution is 9.09. The van der Waals surface area contributed by atoms with E-state index in [2.05, 4.69) is 46.4 Å². The molecule has 0 aromatic heterocycles. The molecule has 0 bridgehead atoms. The molecule has 1 heterocycles. The van der Waals surface area contributed by atoms with Crippen LogP contribution in [0, 0.1) is 11.8 Å². The van der Waals surface area contributed by atoms with Crippen molar-refractivity contribution in [1.82, 2.24) is 0 Å². The van der Waals surface area contributed by atoms with E-state index in [4.69, 9.17) is 0 Å². The molecule has 3 heteroatoms. The minimum absolute atomic E-state index is 0.116. The minimum atomic E-state index is 0.116. The van der Waals surface area contributed by atoms with Gasteiger partial charge in [-0.1, -0.05) is 47.8 Å². The quantitative estimate of drug-likeness (QED) is 0.801. The highest BCUT2D eigenvalue weighted by Gasteiger charge is 2.26. The summed E-state index contributed by atoms with van der Waals surface area (Å²) in [5.74, 6) is 1.74. The van der Waals surface area contributed by atoms with Crippen LogP contribution in [0.15, 0.2) is 18.2 Å². The molecule has 1 fully saturated rings. The van der Waals surface area contributed by atoms with Crippen LogP contribution in [-0.4, -0.2) is 5.91 Å². The lowest BCUT2D eigenvalue weighted by Crippen LogP contribution is -2.16. The van der Waals surface area contributed by atoms with Crippen LogP contribution >= 0.6 is 15.9 Å². The van der Waals surface area contributed by atoms with Gasteiger partial charge < -0.3 is 5.32 Å². The number of halogens is 1. The van der Waals surface area contributed by atoms with Crippen molar-refractivity contribution in [2.24, 2.45) is 11.8 Å². The molecule has 1 N–H and O–H groups in total. The van der Waals surface area contributed by atoms with E-state index in [9.17, 15) is 4.79 Å². The molecular weight excluding hydrogens is 302 g/mol. The normalized spacial score (nSPS) is 27.8. The SMILES string of the molecule is CC1CCC(C(Br)c2ccc3c(c2)CC(=O)N3)CC1. The lowest BCUT2D eigenvalue weighted by Gasteiger charge is -2.30. The molecule has 3 rings (SSSR count). The Hall–Kier alpha value is -0.830. The highest BCUT2D eigenvalue weighted by atomic mass is 79.9. The number of alkyl halides is 1. The van der Waals surface area contributed by atoms with Crippen molar-refractivity contribution in [3.05, 3.63) is 29.3 Å². The van der Waals surface area contributed by atoms with Crippen molar-refractivity contribution in [1.29, 1.82) is 0 Å². The van der Waals surface area contributed by atoms with Crippen molar-refractivity contribution in [2.75, 3.05) is 5.32 Å². The summed E-state index contributed by atoms with van der Waals surface area (Å²) < 4.78 is 0. The van der Waals surface area contributed by atoms with Crippen molar-refractivity contribution >= 4 is 27.5 Å². The fraction of sp³-hybridized carbons (Fsp3) is 0.562. The first-order valence-corrected chi connectivity index (χ1v) is 8.12. The Labute approximate surface area is 123 Å². The molecule has 1 unspecified atom stereocenters. The molecule has 0 saturated heterocycles. The molecule has 2 nitrogen and oxygen atoms in total. The zero-order valence-electron chi connectivity index (χ0n) is 11.3. The summed E-state index contributed by atoms with van der Waals surface area (Å²) in [6.45, 7) is 2.35. The molecule has 1 saturated carbocycles. The van der Waals surface area contributed by atoms with Gasteiger partial charge in [0, 0.05) is 10.5 Å². The first kappa shape index (κ1) is 13.2. The third-order valence-electron chi connectivity index (χ3n) is 4.55. The molecule has 2 aliphatic rings. The van der Waals surface area contributed by atoms with E-state index >= 15 is 0 Å². The summed E-state index contributed by atoms with van der Waals surface area (Å²) in [5, 5.41) is 2.89. The van der Waals surface area contributed by atoms with Gasteiger partial charge in [-0.2, -0.15) is 0 Å². The molecule has 1 amide bonds. The molecule has 0 spiro atoms. The zero-order chi connectivity index (χ0) is 13.4. The lowest BCUT2D eigenvalue weighted by atomic mass is 9.80. The number of rotatable bonds is 2. The number of hydrogen-bond donors (Lipinski definition) is 1. The standard InChI is InChI=1S/C16H20BrNO/c1-10-2-4-11(5-3-10)16(17)12-6-7-14-13(8-12)9-15(19)18-14/h6-8,10-11,16H,2-5,9H2,1H3,(H,18,19). The van der Waals surface area contributed by atoms with Crippen LogP contribution in [0.4, 0.5) is 5.69 Å². The van der Waals surface area contributed by atoms with Gasteiger partial charge in [0.15, 0.2) is 0 Å². The Morgan fingerprint density at radius 3 is 2.74 bits per heavy atom. The highest BCUT2D eigenvalue weighted by Crippen LogP contribution is 2.42. The van der Waals surface area contributed by atoms with E-state index in [0.717, 1.165) is 23.1 Å². The number of nitrogens with one attached hydrogen (secondary N) is 1. The van der Waals surface area contributed by atoms with Crippen molar-refractivity contribution < 1.29 is 4.79 Å². The summed E-state index contributed by atoms with van der Waals surface area (Å²) in [4.78, 5) is 11.8. The summed E-state index contributed by atoms with van der Waals surface area (Å²) in [6.07, 6.45) is 5.84. The smallest absolute Gasteiger partial charge is 0.228 e. The maximum Gasteiger partial charge on any atom is 0.228 e. The van der Waals surface area contributed by atoms with Crippen LogP contribution in [0.1, 0.15) is 48.6 Å². The fourth-order valence-corrected chi connectivity index (χ4v) is 4.08. The molecule has 1 aliphatic carbocycles. The number of benzene rings is 1.